The molecular weight excluding hydrogens is 524 g/mol. The van der Waals surface area contributed by atoms with E-state index in [1.54, 1.807) is 81.0 Å². The van der Waals surface area contributed by atoms with Crippen LogP contribution < -0.4 is 9.62 Å². The summed E-state index contributed by atoms with van der Waals surface area (Å²) < 4.78 is 31.4. The number of carbonyl (C=O) groups excluding carboxylic acids is 1. The number of phenols is 1. The number of carbonyl (C=O) groups is 1. The Bertz CT molecular complexity index is 1570. The van der Waals surface area contributed by atoms with Crippen LogP contribution in [0.25, 0.3) is 6.08 Å². The second-order valence-corrected chi connectivity index (χ2v) is 11.6. The highest BCUT2D eigenvalue weighted by Gasteiger charge is 2.28. The third-order valence-corrected chi connectivity index (χ3v) is 8.53. The van der Waals surface area contributed by atoms with Gasteiger partial charge < -0.3 is 15.0 Å². The Morgan fingerprint density at radius 2 is 1.77 bits per heavy atom. The molecule has 0 saturated heterocycles. The van der Waals surface area contributed by atoms with Gasteiger partial charge in [0.25, 0.3) is 10.0 Å². The van der Waals surface area contributed by atoms with Crippen molar-refractivity contribution >= 4 is 27.7 Å². The number of hydrogen-bond acceptors (Lipinski definition) is 5. The molecule has 0 atom stereocenters. The van der Waals surface area contributed by atoms with Gasteiger partial charge in [0.2, 0.25) is 5.91 Å². The van der Waals surface area contributed by atoms with E-state index in [2.05, 4.69) is 10.3 Å². The molecule has 8 nitrogen and oxygen atoms in total. The van der Waals surface area contributed by atoms with Crippen molar-refractivity contribution in [2.24, 2.45) is 0 Å². The molecule has 208 valence electrons. The zero-order valence-electron chi connectivity index (χ0n) is 22.9. The van der Waals surface area contributed by atoms with Gasteiger partial charge in [0.15, 0.2) is 0 Å². The predicted molar refractivity (Wildman–Crippen MR) is 157 cm³/mol. The van der Waals surface area contributed by atoms with Crippen molar-refractivity contribution in [3.8, 4) is 5.75 Å². The number of rotatable bonds is 11. The maximum absolute atomic E-state index is 14.1. The molecule has 0 aliphatic rings. The number of amides is 1. The Labute approximate surface area is 235 Å². The summed E-state index contributed by atoms with van der Waals surface area (Å²) in [5.74, 6) is -0.133. The Morgan fingerprint density at radius 3 is 2.42 bits per heavy atom. The summed E-state index contributed by atoms with van der Waals surface area (Å²) in [6.45, 7) is 6.90. The molecule has 0 aliphatic heterocycles. The fourth-order valence-corrected chi connectivity index (χ4v) is 6.56. The van der Waals surface area contributed by atoms with Crippen molar-refractivity contribution in [1.82, 2.24) is 14.9 Å². The summed E-state index contributed by atoms with van der Waals surface area (Å²) in [5.41, 5.74) is 4.23. The molecule has 0 radical (unpaired) electrons. The number of aromatic nitrogens is 2. The number of aryl methyl sites for hydroxylation is 4. The molecule has 4 rings (SSSR count). The van der Waals surface area contributed by atoms with Gasteiger partial charge in [-0.05, 0) is 79.8 Å². The highest BCUT2D eigenvalue weighted by Crippen LogP contribution is 2.31. The normalized spacial score (nSPS) is 11.6. The van der Waals surface area contributed by atoms with Gasteiger partial charge in [-0.2, -0.15) is 0 Å². The molecule has 0 fully saturated rings. The van der Waals surface area contributed by atoms with Crippen LogP contribution in [0.2, 0.25) is 0 Å². The number of nitrogens with zero attached hydrogens (tertiary/aromatic N) is 3. The maximum Gasteiger partial charge on any atom is 0.265 e. The largest absolute Gasteiger partial charge is 0.508 e. The van der Waals surface area contributed by atoms with Crippen LogP contribution in [0, 0.1) is 20.8 Å². The van der Waals surface area contributed by atoms with Crippen molar-refractivity contribution in [3.63, 3.8) is 0 Å². The highest BCUT2D eigenvalue weighted by atomic mass is 32.2. The zero-order chi connectivity index (χ0) is 28.7. The first-order valence-electron chi connectivity index (χ1n) is 13.0. The number of benzene rings is 3. The number of nitrogens with one attached hydrogen (secondary N) is 1. The summed E-state index contributed by atoms with van der Waals surface area (Å²) in [5, 5.41) is 12.8. The van der Waals surface area contributed by atoms with Gasteiger partial charge in [0.05, 0.1) is 23.5 Å². The van der Waals surface area contributed by atoms with Gasteiger partial charge in [0, 0.05) is 31.6 Å². The molecule has 9 heteroatoms. The summed E-state index contributed by atoms with van der Waals surface area (Å²) in [7, 11) is -3.95. The predicted octanol–water partition coefficient (Wildman–Crippen LogP) is 5.13. The molecule has 1 heterocycles. The van der Waals surface area contributed by atoms with Gasteiger partial charge in [-0.1, -0.05) is 42.0 Å². The van der Waals surface area contributed by atoms with Gasteiger partial charge in [-0.25, -0.2) is 13.4 Å². The Morgan fingerprint density at radius 1 is 1.05 bits per heavy atom. The molecule has 0 unspecified atom stereocenters. The van der Waals surface area contributed by atoms with Crippen LogP contribution in [0.3, 0.4) is 0 Å². The molecule has 40 heavy (non-hydrogen) atoms. The SMILES string of the molecule is Cc1cc(C)c(S(=O)(=O)N(Cc2cccc(O)c2)c2ccc(/C=C/C(=O)NCCCn3ccnc3)cc2)c(C)c1. The standard InChI is InChI=1S/C31H34N4O4S/c1-23-18-24(2)31(25(3)19-23)40(38,39)35(21-27-6-4-7-29(36)20-27)28-11-8-26(9-12-28)10-13-30(37)33-14-5-16-34-17-15-32-22-34/h4,6-13,15,17-20,22,36H,5,14,16,21H2,1-3H3,(H,33,37)/b13-10+. The number of sulfonamides is 1. The number of anilines is 1. The second-order valence-electron chi connectivity index (χ2n) is 9.78. The van der Waals surface area contributed by atoms with Crippen molar-refractivity contribution in [1.29, 1.82) is 0 Å². The highest BCUT2D eigenvalue weighted by molar-refractivity contribution is 7.92. The molecule has 0 saturated carbocycles. The summed E-state index contributed by atoms with van der Waals surface area (Å²) in [6.07, 6.45) is 9.28. The minimum Gasteiger partial charge on any atom is -0.508 e. The Balaban J connectivity index is 1.53. The lowest BCUT2D eigenvalue weighted by molar-refractivity contribution is -0.116. The first-order valence-corrected chi connectivity index (χ1v) is 14.5. The van der Waals surface area contributed by atoms with E-state index >= 15 is 0 Å². The van der Waals surface area contributed by atoms with Crippen LogP contribution >= 0.6 is 0 Å². The maximum atomic E-state index is 14.1. The van der Waals surface area contributed by atoms with Gasteiger partial charge >= 0.3 is 0 Å². The van der Waals surface area contributed by atoms with E-state index in [1.807, 2.05) is 29.8 Å². The molecule has 0 spiro atoms. The lowest BCUT2D eigenvalue weighted by Gasteiger charge is -2.27. The van der Waals surface area contributed by atoms with Crippen LogP contribution in [-0.2, 0) is 27.9 Å². The average molecular weight is 559 g/mol. The first kappa shape index (κ1) is 28.6. The van der Waals surface area contributed by atoms with Gasteiger partial charge in [-0.15, -0.1) is 0 Å². The number of phenolic OH excluding ortho intramolecular Hbond substituents is 1. The van der Waals surface area contributed by atoms with Crippen molar-refractivity contribution in [2.45, 2.75) is 45.2 Å². The monoisotopic (exact) mass is 558 g/mol. The van der Waals surface area contributed by atoms with E-state index in [-0.39, 0.29) is 23.1 Å². The molecule has 0 bridgehead atoms. The van der Waals surface area contributed by atoms with Crippen LogP contribution in [0.1, 0.15) is 34.2 Å². The molecule has 2 N–H and O–H groups in total. The second kappa shape index (κ2) is 12.7. The molecule has 4 aromatic rings. The van der Waals surface area contributed by atoms with Crippen LogP contribution in [0.5, 0.6) is 5.75 Å². The molecule has 1 aromatic heterocycles. The van der Waals surface area contributed by atoms with Gasteiger partial charge in [-0.3, -0.25) is 9.10 Å². The third kappa shape index (κ3) is 7.18. The van der Waals surface area contributed by atoms with Crippen molar-refractivity contribution in [3.05, 3.63) is 113 Å². The Hall–Kier alpha value is -4.37. The number of imidazole rings is 1. The smallest absolute Gasteiger partial charge is 0.265 e. The fourth-order valence-electron chi connectivity index (χ4n) is 4.69. The fraction of sp³-hybridized carbons (Fsp3) is 0.226. The quantitative estimate of drug-likeness (QED) is 0.196. The van der Waals surface area contributed by atoms with Crippen molar-refractivity contribution in [2.75, 3.05) is 10.8 Å². The van der Waals surface area contributed by atoms with Crippen LogP contribution in [0.15, 0.2) is 90.4 Å². The van der Waals surface area contributed by atoms with E-state index < -0.39 is 10.0 Å². The van der Waals surface area contributed by atoms with Crippen LogP contribution in [0.4, 0.5) is 5.69 Å². The minimum atomic E-state index is -3.95. The molecule has 1 amide bonds. The molecular formula is C31H34N4O4S. The number of hydrogen-bond donors (Lipinski definition) is 2. The van der Waals surface area contributed by atoms with E-state index in [0.717, 1.165) is 24.1 Å². The lowest BCUT2D eigenvalue weighted by atomic mass is 10.1. The third-order valence-electron chi connectivity index (χ3n) is 6.45. The summed E-state index contributed by atoms with van der Waals surface area (Å²) in [4.78, 5) is 16.5. The molecule has 0 aliphatic carbocycles. The van der Waals surface area contributed by atoms with E-state index in [1.165, 1.54) is 10.4 Å². The van der Waals surface area contributed by atoms with Gasteiger partial charge in [0.1, 0.15) is 5.75 Å². The average Bonchev–Trinajstić information content (AvgIpc) is 3.42. The lowest BCUT2D eigenvalue weighted by Crippen LogP contribution is -2.31. The van der Waals surface area contributed by atoms with E-state index in [0.29, 0.717) is 28.9 Å². The van der Waals surface area contributed by atoms with Crippen LogP contribution in [-0.4, -0.2) is 35.5 Å². The van der Waals surface area contributed by atoms with Crippen molar-refractivity contribution < 1.29 is 18.3 Å². The van der Waals surface area contributed by atoms with E-state index in [4.69, 9.17) is 0 Å². The Kier molecular flexibility index (Phi) is 9.06. The summed E-state index contributed by atoms with van der Waals surface area (Å²) in [6, 6.07) is 17.3. The number of aromatic hydroxyl groups is 1. The minimum absolute atomic E-state index is 0.0418. The zero-order valence-corrected chi connectivity index (χ0v) is 23.7. The first-order chi connectivity index (χ1) is 19.1. The molecule has 3 aromatic carbocycles. The van der Waals surface area contributed by atoms with E-state index in [9.17, 15) is 18.3 Å². The summed E-state index contributed by atoms with van der Waals surface area (Å²) >= 11 is 0. The topological polar surface area (TPSA) is 105 Å².